The van der Waals surface area contributed by atoms with E-state index in [-0.39, 0.29) is 5.92 Å². The topological polar surface area (TPSA) is 52.6 Å². The Morgan fingerprint density at radius 2 is 1.39 bits per heavy atom. The van der Waals surface area contributed by atoms with Crippen LogP contribution in [0.2, 0.25) is 16.6 Å². The van der Waals surface area contributed by atoms with Crippen molar-refractivity contribution in [3.05, 3.63) is 12.2 Å². The van der Waals surface area contributed by atoms with E-state index in [9.17, 15) is 8.42 Å². The highest BCUT2D eigenvalue weighted by Crippen LogP contribution is 2.42. The first-order valence-corrected chi connectivity index (χ1v) is 12.5. The van der Waals surface area contributed by atoms with E-state index in [2.05, 4.69) is 41.5 Å². The molecule has 4 nitrogen and oxygen atoms in total. The second-order valence-corrected chi connectivity index (χ2v) is 14.4. The Kier molecular flexibility index (Phi) is 9.28. The first-order valence-electron chi connectivity index (χ1n) is 8.53. The third-order valence-electron chi connectivity index (χ3n) is 4.59. The van der Waals surface area contributed by atoms with Gasteiger partial charge in [0.2, 0.25) is 0 Å². The molecule has 6 heteroatoms. The molecule has 0 aromatic heterocycles. The van der Waals surface area contributed by atoms with Crippen LogP contribution in [-0.4, -0.2) is 35.7 Å². The normalized spacial score (nSPS) is 16.7. The summed E-state index contributed by atoms with van der Waals surface area (Å²) in [6.07, 6.45) is 4.49. The molecule has 0 bridgehead atoms. The number of rotatable bonds is 10. The Labute approximate surface area is 144 Å². The van der Waals surface area contributed by atoms with Gasteiger partial charge >= 0.3 is 0 Å². The van der Waals surface area contributed by atoms with E-state index >= 15 is 0 Å². The standard InChI is InChI=1S/C17H36O4SSi/c1-10-11-16(8)17(21-22(9,18)19)12-20-23(13(2)3,14(4)5)15(6)7/h10-11,13-17H,12H2,1-9H3/b11-10-/t16-,17-/m0/s1. The molecule has 0 fully saturated rings. The summed E-state index contributed by atoms with van der Waals surface area (Å²) in [7, 11) is -5.55. The highest BCUT2D eigenvalue weighted by atomic mass is 32.2. The van der Waals surface area contributed by atoms with Gasteiger partial charge in [-0.15, -0.1) is 0 Å². The summed E-state index contributed by atoms with van der Waals surface area (Å²) < 4.78 is 35.0. The molecule has 0 aliphatic heterocycles. The van der Waals surface area contributed by atoms with Crippen LogP contribution in [0.3, 0.4) is 0 Å². The zero-order chi connectivity index (χ0) is 18.4. The van der Waals surface area contributed by atoms with Gasteiger partial charge < -0.3 is 4.43 Å². The fourth-order valence-corrected chi connectivity index (χ4v) is 9.78. The molecule has 0 saturated heterocycles. The van der Waals surface area contributed by atoms with Crippen LogP contribution in [0.4, 0.5) is 0 Å². The van der Waals surface area contributed by atoms with Crippen molar-refractivity contribution in [2.24, 2.45) is 5.92 Å². The summed E-state index contributed by atoms with van der Waals surface area (Å²) in [5.41, 5.74) is 1.37. The van der Waals surface area contributed by atoms with Crippen LogP contribution in [0.25, 0.3) is 0 Å². The fourth-order valence-electron chi connectivity index (χ4n) is 3.65. The predicted molar refractivity (Wildman–Crippen MR) is 101 cm³/mol. The summed E-state index contributed by atoms with van der Waals surface area (Å²) in [5, 5.41) is 0. The van der Waals surface area contributed by atoms with Crippen molar-refractivity contribution in [3.63, 3.8) is 0 Å². The minimum atomic E-state index is -3.51. The average molecular weight is 365 g/mol. The van der Waals surface area contributed by atoms with E-state index in [0.29, 0.717) is 23.2 Å². The molecule has 0 radical (unpaired) electrons. The van der Waals surface area contributed by atoms with E-state index in [1.807, 2.05) is 26.0 Å². The molecule has 0 aliphatic rings. The number of allylic oxidation sites excluding steroid dienone is 1. The fraction of sp³-hybridized carbons (Fsp3) is 0.882. The molecule has 0 unspecified atom stereocenters. The van der Waals surface area contributed by atoms with Crippen molar-refractivity contribution < 1.29 is 17.0 Å². The molecule has 23 heavy (non-hydrogen) atoms. The lowest BCUT2D eigenvalue weighted by molar-refractivity contribution is 0.0975. The zero-order valence-electron chi connectivity index (χ0n) is 16.3. The Morgan fingerprint density at radius 3 is 1.70 bits per heavy atom. The van der Waals surface area contributed by atoms with Crippen LogP contribution in [0.15, 0.2) is 12.2 Å². The molecule has 2 atom stereocenters. The molecular weight excluding hydrogens is 328 g/mol. The monoisotopic (exact) mass is 364 g/mol. The molecule has 0 aliphatic carbocycles. The highest BCUT2D eigenvalue weighted by molar-refractivity contribution is 7.86. The Hall–Kier alpha value is -0.173. The van der Waals surface area contributed by atoms with Gasteiger partial charge in [0.15, 0.2) is 8.32 Å². The molecular formula is C17H36O4SSi. The van der Waals surface area contributed by atoms with Gasteiger partial charge in [-0.2, -0.15) is 8.42 Å². The summed E-state index contributed by atoms with van der Waals surface area (Å²) in [5.74, 6) is -0.0205. The predicted octanol–water partition coefficient (Wildman–Crippen LogP) is 4.74. The molecule has 0 rings (SSSR count). The smallest absolute Gasteiger partial charge is 0.264 e. The van der Waals surface area contributed by atoms with Crippen LogP contribution in [0.1, 0.15) is 55.4 Å². The Bertz CT molecular complexity index is 447. The molecule has 0 heterocycles. The van der Waals surface area contributed by atoms with E-state index in [0.717, 1.165) is 6.26 Å². The van der Waals surface area contributed by atoms with Gasteiger partial charge in [0.05, 0.1) is 12.9 Å². The second-order valence-electron chi connectivity index (χ2n) is 7.35. The van der Waals surface area contributed by atoms with Crippen molar-refractivity contribution >= 4 is 18.4 Å². The maximum Gasteiger partial charge on any atom is 0.264 e. The summed E-state index contributed by atoms with van der Waals surface area (Å²) in [6, 6.07) is 0. The van der Waals surface area contributed by atoms with Gasteiger partial charge in [-0.25, -0.2) is 0 Å². The molecule has 0 aromatic carbocycles. The molecule has 0 aromatic rings. The second kappa shape index (κ2) is 9.35. The average Bonchev–Trinajstić information content (AvgIpc) is 2.35. The molecule has 0 amide bonds. The van der Waals surface area contributed by atoms with E-state index < -0.39 is 24.5 Å². The van der Waals surface area contributed by atoms with Crippen molar-refractivity contribution in [3.8, 4) is 0 Å². The Morgan fingerprint density at radius 1 is 0.957 bits per heavy atom. The van der Waals surface area contributed by atoms with Gasteiger partial charge in [-0.1, -0.05) is 60.6 Å². The van der Waals surface area contributed by atoms with Gasteiger partial charge in [0.25, 0.3) is 10.1 Å². The maximum absolute atomic E-state index is 11.6. The third kappa shape index (κ3) is 6.68. The maximum atomic E-state index is 11.6. The SMILES string of the molecule is C/C=C\[C@H](C)[C@H](CO[Si](C(C)C)(C(C)C)C(C)C)OS(C)(=O)=O. The minimum Gasteiger partial charge on any atom is -0.413 e. The van der Waals surface area contributed by atoms with Crippen LogP contribution in [0.5, 0.6) is 0 Å². The quantitative estimate of drug-likeness (QED) is 0.319. The van der Waals surface area contributed by atoms with E-state index in [1.54, 1.807) is 0 Å². The largest absolute Gasteiger partial charge is 0.413 e. The molecule has 0 spiro atoms. The van der Waals surface area contributed by atoms with Crippen LogP contribution < -0.4 is 0 Å². The van der Waals surface area contributed by atoms with Gasteiger partial charge in [0.1, 0.15) is 6.10 Å². The highest BCUT2D eigenvalue weighted by Gasteiger charge is 2.45. The van der Waals surface area contributed by atoms with E-state index in [4.69, 9.17) is 8.61 Å². The number of hydrogen-bond donors (Lipinski definition) is 0. The minimum absolute atomic E-state index is 0.0205. The molecule has 0 N–H and O–H groups in total. The first kappa shape index (κ1) is 22.8. The van der Waals surface area contributed by atoms with Gasteiger partial charge in [-0.3, -0.25) is 4.18 Å². The lowest BCUT2D eigenvalue weighted by Crippen LogP contribution is -2.49. The zero-order valence-corrected chi connectivity index (χ0v) is 18.1. The van der Waals surface area contributed by atoms with Crippen molar-refractivity contribution in [2.75, 3.05) is 12.9 Å². The van der Waals surface area contributed by atoms with Crippen LogP contribution >= 0.6 is 0 Å². The summed E-state index contributed by atoms with van der Waals surface area (Å²) in [4.78, 5) is 0. The van der Waals surface area contributed by atoms with Crippen LogP contribution in [-0.2, 0) is 18.7 Å². The third-order valence-corrected chi connectivity index (χ3v) is 11.3. The Balaban J connectivity index is 5.40. The lowest BCUT2D eigenvalue weighted by atomic mass is 10.1. The lowest BCUT2D eigenvalue weighted by Gasteiger charge is -2.43. The first-order chi connectivity index (χ1) is 10.4. The summed E-state index contributed by atoms with van der Waals surface area (Å²) >= 11 is 0. The van der Waals surface area contributed by atoms with Crippen molar-refractivity contribution in [2.45, 2.75) is 78.1 Å². The summed E-state index contributed by atoms with van der Waals surface area (Å²) in [6.45, 7) is 17.5. The number of hydrogen-bond acceptors (Lipinski definition) is 4. The van der Waals surface area contributed by atoms with Gasteiger partial charge in [0, 0.05) is 5.92 Å². The van der Waals surface area contributed by atoms with Gasteiger partial charge in [-0.05, 0) is 23.5 Å². The van der Waals surface area contributed by atoms with Crippen molar-refractivity contribution in [1.29, 1.82) is 0 Å². The molecule has 138 valence electrons. The molecule has 0 saturated carbocycles. The van der Waals surface area contributed by atoms with Crippen LogP contribution in [0, 0.1) is 5.92 Å². The van der Waals surface area contributed by atoms with E-state index in [1.165, 1.54) is 0 Å². The van der Waals surface area contributed by atoms with Crippen molar-refractivity contribution in [1.82, 2.24) is 0 Å².